The second kappa shape index (κ2) is 8.24. The second-order valence-corrected chi connectivity index (χ2v) is 7.10. The summed E-state index contributed by atoms with van der Waals surface area (Å²) in [6.45, 7) is 0.835. The highest BCUT2D eigenvalue weighted by atomic mass is 32.1. The van der Waals surface area contributed by atoms with Gasteiger partial charge in [-0.1, -0.05) is 30.5 Å². The first-order valence-corrected chi connectivity index (χ1v) is 9.32. The lowest BCUT2D eigenvalue weighted by Gasteiger charge is -2.21. The summed E-state index contributed by atoms with van der Waals surface area (Å²) in [4.78, 5) is 17.3. The summed E-state index contributed by atoms with van der Waals surface area (Å²) in [7, 11) is 0. The zero-order valence-electron chi connectivity index (χ0n) is 13.3. The highest BCUT2D eigenvalue weighted by molar-refractivity contribution is 7.13. The normalized spacial score (nSPS) is 15.7. The lowest BCUT2D eigenvalue weighted by Crippen LogP contribution is -2.30. The molecule has 1 saturated carbocycles. The predicted octanol–water partition coefficient (Wildman–Crippen LogP) is 3.82. The van der Waals surface area contributed by atoms with Crippen LogP contribution in [0.4, 0.5) is 0 Å². The summed E-state index contributed by atoms with van der Waals surface area (Å²) >= 11 is 1.59. The van der Waals surface area contributed by atoms with E-state index < -0.39 is 0 Å². The molecule has 124 valence electrons. The van der Waals surface area contributed by atoms with Gasteiger partial charge < -0.3 is 9.84 Å². The third-order valence-electron chi connectivity index (χ3n) is 4.32. The van der Waals surface area contributed by atoms with Crippen LogP contribution in [-0.2, 0) is 11.2 Å². The average Bonchev–Trinajstić information content (AvgIpc) is 3.25. The van der Waals surface area contributed by atoms with E-state index in [0.29, 0.717) is 30.5 Å². The molecule has 2 aromatic rings. The van der Waals surface area contributed by atoms with Crippen LogP contribution in [0.3, 0.4) is 0 Å². The fourth-order valence-corrected chi connectivity index (χ4v) is 3.65. The molecular formula is C17H23N3O2S. The summed E-state index contributed by atoms with van der Waals surface area (Å²) in [6, 6.07) is 3.94. The minimum absolute atomic E-state index is 0.133. The predicted molar refractivity (Wildman–Crippen MR) is 90.1 cm³/mol. The van der Waals surface area contributed by atoms with E-state index in [9.17, 15) is 4.79 Å². The zero-order valence-corrected chi connectivity index (χ0v) is 14.1. The molecule has 0 atom stereocenters. The van der Waals surface area contributed by atoms with E-state index in [1.807, 2.05) is 17.5 Å². The molecule has 1 aliphatic carbocycles. The van der Waals surface area contributed by atoms with Crippen molar-refractivity contribution in [2.24, 2.45) is 5.92 Å². The van der Waals surface area contributed by atoms with E-state index in [1.54, 1.807) is 11.3 Å². The van der Waals surface area contributed by atoms with Crippen molar-refractivity contribution in [2.45, 2.75) is 51.4 Å². The molecule has 1 fully saturated rings. The molecule has 2 heterocycles. The molecule has 1 aliphatic rings. The van der Waals surface area contributed by atoms with Crippen LogP contribution in [0.15, 0.2) is 22.0 Å². The maximum absolute atomic E-state index is 11.9. The van der Waals surface area contributed by atoms with Crippen LogP contribution in [-0.4, -0.2) is 22.6 Å². The Kier molecular flexibility index (Phi) is 5.80. The Bertz CT molecular complexity index is 603. The number of nitrogens with one attached hydrogen (secondary N) is 1. The first-order valence-electron chi connectivity index (χ1n) is 8.44. The van der Waals surface area contributed by atoms with Gasteiger partial charge >= 0.3 is 0 Å². The first kappa shape index (κ1) is 16.2. The number of carbonyl (C=O) groups is 1. The number of thiophene rings is 1. The minimum atomic E-state index is 0.133. The maximum Gasteiger partial charge on any atom is 0.226 e. The zero-order chi connectivity index (χ0) is 15.9. The highest BCUT2D eigenvalue weighted by Gasteiger charge is 2.14. The Hall–Kier alpha value is -1.69. The van der Waals surface area contributed by atoms with E-state index in [4.69, 9.17) is 4.52 Å². The van der Waals surface area contributed by atoms with Gasteiger partial charge in [-0.3, -0.25) is 4.79 Å². The van der Waals surface area contributed by atoms with Gasteiger partial charge in [0.15, 0.2) is 0 Å². The van der Waals surface area contributed by atoms with Crippen molar-refractivity contribution < 1.29 is 9.32 Å². The van der Waals surface area contributed by atoms with E-state index >= 15 is 0 Å². The van der Waals surface area contributed by atoms with Crippen LogP contribution in [0, 0.1) is 5.92 Å². The summed E-state index contributed by atoms with van der Waals surface area (Å²) in [5.41, 5.74) is 0. The maximum atomic E-state index is 11.9. The molecule has 0 unspecified atom stereocenters. The molecule has 0 aliphatic heterocycles. The SMILES string of the molecule is O=C(CCCc1nc(-c2cccs2)no1)NCC1CCCCC1. The Morgan fingerprint density at radius 3 is 3.00 bits per heavy atom. The van der Waals surface area contributed by atoms with Crippen LogP contribution < -0.4 is 5.32 Å². The monoisotopic (exact) mass is 333 g/mol. The molecule has 0 bridgehead atoms. The van der Waals surface area contributed by atoms with Crippen LogP contribution >= 0.6 is 11.3 Å². The fourth-order valence-electron chi connectivity index (χ4n) is 3.00. The molecule has 1 amide bonds. The second-order valence-electron chi connectivity index (χ2n) is 6.15. The summed E-state index contributed by atoms with van der Waals surface area (Å²) in [5.74, 6) is 2.05. The van der Waals surface area contributed by atoms with Crippen molar-refractivity contribution in [2.75, 3.05) is 6.54 Å². The van der Waals surface area contributed by atoms with Gasteiger partial charge in [0, 0.05) is 19.4 Å². The third kappa shape index (κ3) is 4.89. The minimum Gasteiger partial charge on any atom is -0.356 e. The number of hydrogen-bond acceptors (Lipinski definition) is 5. The molecule has 6 heteroatoms. The summed E-state index contributed by atoms with van der Waals surface area (Å²) in [5, 5.41) is 9.03. The van der Waals surface area contributed by atoms with Gasteiger partial charge in [0.1, 0.15) is 0 Å². The number of rotatable bonds is 7. The van der Waals surface area contributed by atoms with Gasteiger partial charge in [-0.15, -0.1) is 11.3 Å². The van der Waals surface area contributed by atoms with Gasteiger partial charge in [-0.25, -0.2) is 0 Å². The number of aryl methyl sites for hydroxylation is 1. The number of hydrogen-bond donors (Lipinski definition) is 1. The molecule has 1 N–H and O–H groups in total. The lowest BCUT2D eigenvalue weighted by atomic mass is 9.89. The van der Waals surface area contributed by atoms with Crippen LogP contribution in [0.1, 0.15) is 50.8 Å². The standard InChI is InChI=1S/C17H23N3O2S/c21-15(18-12-13-6-2-1-3-7-13)9-4-10-16-19-17(20-22-16)14-8-5-11-23-14/h5,8,11,13H,1-4,6-7,9-10,12H2,(H,18,21). The molecule has 0 saturated heterocycles. The van der Waals surface area contributed by atoms with E-state index in [2.05, 4.69) is 15.5 Å². The topological polar surface area (TPSA) is 68.0 Å². The van der Waals surface area contributed by atoms with Crippen molar-refractivity contribution in [1.82, 2.24) is 15.5 Å². The first-order chi connectivity index (χ1) is 11.3. The molecule has 0 radical (unpaired) electrons. The third-order valence-corrected chi connectivity index (χ3v) is 5.18. The quantitative estimate of drug-likeness (QED) is 0.836. The molecule has 0 spiro atoms. The lowest BCUT2D eigenvalue weighted by molar-refractivity contribution is -0.121. The van der Waals surface area contributed by atoms with Gasteiger partial charge in [-0.05, 0) is 36.6 Å². The molecule has 0 aromatic carbocycles. The number of nitrogens with zero attached hydrogens (tertiary/aromatic N) is 2. The number of aromatic nitrogens is 2. The van der Waals surface area contributed by atoms with Crippen molar-refractivity contribution in [3.05, 3.63) is 23.4 Å². The van der Waals surface area contributed by atoms with Crippen LogP contribution in [0.2, 0.25) is 0 Å². The van der Waals surface area contributed by atoms with E-state index in [0.717, 1.165) is 17.8 Å². The largest absolute Gasteiger partial charge is 0.356 e. The highest BCUT2D eigenvalue weighted by Crippen LogP contribution is 2.23. The van der Waals surface area contributed by atoms with Gasteiger partial charge in [-0.2, -0.15) is 4.98 Å². The Labute approximate surface area is 140 Å². The smallest absolute Gasteiger partial charge is 0.226 e. The molecule has 23 heavy (non-hydrogen) atoms. The number of carbonyl (C=O) groups excluding carboxylic acids is 1. The van der Waals surface area contributed by atoms with Crippen LogP contribution in [0.5, 0.6) is 0 Å². The van der Waals surface area contributed by atoms with E-state index in [-0.39, 0.29) is 5.91 Å². The van der Waals surface area contributed by atoms with Crippen molar-refractivity contribution in [3.63, 3.8) is 0 Å². The molecule has 2 aromatic heterocycles. The van der Waals surface area contributed by atoms with Crippen LogP contribution in [0.25, 0.3) is 10.7 Å². The average molecular weight is 333 g/mol. The molecular weight excluding hydrogens is 310 g/mol. The fraction of sp³-hybridized carbons (Fsp3) is 0.588. The van der Waals surface area contributed by atoms with Gasteiger partial charge in [0.05, 0.1) is 4.88 Å². The van der Waals surface area contributed by atoms with Crippen molar-refractivity contribution in [1.29, 1.82) is 0 Å². The molecule has 5 nitrogen and oxygen atoms in total. The van der Waals surface area contributed by atoms with Gasteiger partial charge in [0.25, 0.3) is 0 Å². The van der Waals surface area contributed by atoms with Gasteiger partial charge in [0.2, 0.25) is 17.6 Å². The van der Waals surface area contributed by atoms with E-state index in [1.165, 1.54) is 32.1 Å². The summed E-state index contributed by atoms with van der Waals surface area (Å²) in [6.07, 6.45) is 8.39. The Morgan fingerprint density at radius 1 is 1.35 bits per heavy atom. The van der Waals surface area contributed by atoms with Crippen molar-refractivity contribution >= 4 is 17.2 Å². The molecule has 3 rings (SSSR count). The van der Waals surface area contributed by atoms with Crippen molar-refractivity contribution in [3.8, 4) is 10.7 Å². The Morgan fingerprint density at radius 2 is 2.22 bits per heavy atom. The number of amides is 1. The summed E-state index contributed by atoms with van der Waals surface area (Å²) < 4.78 is 5.24. The Balaban J connectivity index is 1.35.